The number of nitrogens with zero attached hydrogens (tertiary/aromatic N) is 1. The summed E-state index contributed by atoms with van der Waals surface area (Å²) in [7, 11) is 0. The maximum absolute atomic E-state index is 11.6. The van der Waals surface area contributed by atoms with E-state index in [1.807, 2.05) is 0 Å². The number of hydrogen-bond acceptors (Lipinski definition) is 6. The monoisotopic (exact) mass is 324 g/mol. The van der Waals surface area contributed by atoms with Crippen molar-refractivity contribution in [3.05, 3.63) is 39.9 Å². The number of non-ortho nitro benzene ring substituents is 1. The van der Waals surface area contributed by atoms with Crippen LogP contribution in [-0.2, 0) is 20.8 Å². The Morgan fingerprint density at radius 1 is 1.22 bits per heavy atom. The van der Waals surface area contributed by atoms with E-state index in [4.69, 9.17) is 10.8 Å². The van der Waals surface area contributed by atoms with Crippen molar-refractivity contribution in [2.75, 3.05) is 13.1 Å². The molecule has 0 aliphatic carbocycles. The number of carboxylic acids is 1. The topological polar surface area (TPSA) is 165 Å². The lowest BCUT2D eigenvalue weighted by molar-refractivity contribution is -0.384. The number of benzene rings is 1. The minimum absolute atomic E-state index is 0.0517. The normalized spacial score (nSPS) is 11.3. The van der Waals surface area contributed by atoms with Crippen LogP contribution in [0.3, 0.4) is 0 Å². The number of carboxylic acid groups (broad SMARTS) is 1. The molecule has 0 aliphatic heterocycles. The van der Waals surface area contributed by atoms with E-state index in [0.717, 1.165) is 0 Å². The van der Waals surface area contributed by atoms with E-state index in [2.05, 4.69) is 10.6 Å². The van der Waals surface area contributed by atoms with Gasteiger partial charge in [0.05, 0.1) is 18.0 Å². The van der Waals surface area contributed by atoms with E-state index in [1.54, 1.807) is 0 Å². The molecule has 5 N–H and O–H groups in total. The summed E-state index contributed by atoms with van der Waals surface area (Å²) in [5.74, 6) is -2.48. The Morgan fingerprint density at radius 3 is 2.30 bits per heavy atom. The molecule has 2 amide bonds. The van der Waals surface area contributed by atoms with Crippen molar-refractivity contribution < 1.29 is 24.4 Å². The minimum Gasteiger partial charge on any atom is -0.480 e. The summed E-state index contributed by atoms with van der Waals surface area (Å²) < 4.78 is 0. The van der Waals surface area contributed by atoms with E-state index in [9.17, 15) is 24.5 Å². The molecule has 0 saturated carbocycles. The van der Waals surface area contributed by atoms with Crippen LogP contribution in [0.5, 0.6) is 0 Å². The largest absolute Gasteiger partial charge is 0.480 e. The van der Waals surface area contributed by atoms with Crippen LogP contribution in [0.15, 0.2) is 24.3 Å². The van der Waals surface area contributed by atoms with Crippen molar-refractivity contribution in [2.45, 2.75) is 12.5 Å². The fourth-order valence-corrected chi connectivity index (χ4v) is 1.69. The molecule has 0 bridgehead atoms. The molecule has 0 spiro atoms. The summed E-state index contributed by atoms with van der Waals surface area (Å²) in [6, 6.07) is 4.10. The smallest absolute Gasteiger partial charge is 0.326 e. The van der Waals surface area contributed by atoms with Gasteiger partial charge in [0, 0.05) is 18.6 Å². The number of nitro groups is 1. The summed E-state index contributed by atoms with van der Waals surface area (Å²) >= 11 is 0. The molecule has 0 aliphatic rings. The predicted octanol–water partition coefficient (Wildman–Crippen LogP) is -1.22. The van der Waals surface area contributed by atoms with Crippen LogP contribution in [0.25, 0.3) is 0 Å². The number of carbonyl (C=O) groups excluding carboxylic acids is 2. The lowest BCUT2D eigenvalue weighted by Crippen LogP contribution is -2.47. The molecule has 0 saturated heterocycles. The molecule has 1 aromatic rings. The average Bonchev–Trinajstić information content (AvgIpc) is 2.52. The van der Waals surface area contributed by atoms with Crippen LogP contribution in [-0.4, -0.2) is 46.9 Å². The van der Waals surface area contributed by atoms with Gasteiger partial charge < -0.3 is 21.5 Å². The average molecular weight is 324 g/mol. The lowest BCUT2D eigenvalue weighted by Gasteiger charge is -2.14. The molecular formula is C13H16N4O6. The zero-order valence-electron chi connectivity index (χ0n) is 12.0. The van der Waals surface area contributed by atoms with Crippen LogP contribution in [0.4, 0.5) is 5.69 Å². The second-order valence-electron chi connectivity index (χ2n) is 4.57. The quantitative estimate of drug-likeness (QED) is 0.343. The zero-order valence-corrected chi connectivity index (χ0v) is 12.0. The molecular weight excluding hydrogens is 308 g/mol. The third-order valence-electron chi connectivity index (χ3n) is 2.85. The summed E-state index contributed by atoms with van der Waals surface area (Å²) in [6.07, 6.45) is -0.0517. The second kappa shape index (κ2) is 8.44. The van der Waals surface area contributed by atoms with Gasteiger partial charge in [0.25, 0.3) is 5.69 Å². The Morgan fingerprint density at radius 2 is 1.83 bits per heavy atom. The highest BCUT2D eigenvalue weighted by atomic mass is 16.6. The van der Waals surface area contributed by atoms with Gasteiger partial charge in [-0.1, -0.05) is 12.1 Å². The maximum atomic E-state index is 11.6. The van der Waals surface area contributed by atoms with Gasteiger partial charge in [-0.2, -0.15) is 0 Å². The first-order valence-electron chi connectivity index (χ1n) is 6.55. The van der Waals surface area contributed by atoms with Gasteiger partial charge in [-0.3, -0.25) is 19.7 Å². The van der Waals surface area contributed by atoms with E-state index < -0.39 is 28.7 Å². The number of nitrogens with one attached hydrogen (secondary N) is 2. The number of hydrogen-bond donors (Lipinski definition) is 4. The molecule has 1 aromatic carbocycles. The number of aliphatic carboxylic acids is 1. The number of rotatable bonds is 8. The Kier molecular flexibility index (Phi) is 6.62. The van der Waals surface area contributed by atoms with Crippen molar-refractivity contribution in [1.82, 2.24) is 10.6 Å². The Balaban J connectivity index is 2.64. The van der Waals surface area contributed by atoms with E-state index >= 15 is 0 Å². The Labute approximate surface area is 130 Å². The third-order valence-corrected chi connectivity index (χ3v) is 2.85. The van der Waals surface area contributed by atoms with Gasteiger partial charge >= 0.3 is 5.97 Å². The molecule has 0 aromatic heterocycles. The molecule has 1 unspecified atom stereocenters. The first kappa shape index (κ1) is 18.0. The minimum atomic E-state index is -1.26. The van der Waals surface area contributed by atoms with Gasteiger partial charge in [-0.25, -0.2) is 4.79 Å². The molecule has 124 valence electrons. The maximum Gasteiger partial charge on any atom is 0.326 e. The van der Waals surface area contributed by atoms with Gasteiger partial charge in [0.1, 0.15) is 6.04 Å². The Hall–Kier alpha value is -3.01. The van der Waals surface area contributed by atoms with Crippen LogP contribution < -0.4 is 16.4 Å². The standard InChI is InChI=1S/C13H16N4O6/c14-6-11(18)15-7-12(19)16-10(13(20)21)5-8-1-3-9(4-2-8)17(22)23/h1-4,10H,5-7,14H2,(H,15,18)(H,16,19)(H,20,21). The third kappa shape index (κ3) is 6.09. The van der Waals surface area contributed by atoms with E-state index in [-0.39, 0.29) is 25.2 Å². The summed E-state index contributed by atoms with van der Waals surface area (Å²) in [5.41, 5.74) is 5.45. The molecule has 10 heteroatoms. The van der Waals surface area contributed by atoms with Crippen LogP contribution in [0.2, 0.25) is 0 Å². The SMILES string of the molecule is NCC(=O)NCC(=O)NC(Cc1ccc([N+](=O)[O-])cc1)C(=O)O. The highest BCUT2D eigenvalue weighted by molar-refractivity contribution is 5.88. The van der Waals surface area contributed by atoms with E-state index in [0.29, 0.717) is 5.56 Å². The highest BCUT2D eigenvalue weighted by Crippen LogP contribution is 2.13. The first-order chi connectivity index (χ1) is 10.8. The fourth-order valence-electron chi connectivity index (χ4n) is 1.69. The van der Waals surface area contributed by atoms with Gasteiger partial charge in [0.2, 0.25) is 11.8 Å². The molecule has 0 radical (unpaired) electrons. The van der Waals surface area contributed by atoms with E-state index in [1.165, 1.54) is 24.3 Å². The van der Waals surface area contributed by atoms with Crippen LogP contribution in [0, 0.1) is 10.1 Å². The molecule has 23 heavy (non-hydrogen) atoms. The highest BCUT2D eigenvalue weighted by Gasteiger charge is 2.21. The molecule has 1 rings (SSSR count). The predicted molar refractivity (Wildman–Crippen MR) is 78.4 cm³/mol. The van der Waals surface area contributed by atoms with Crippen molar-refractivity contribution in [2.24, 2.45) is 5.73 Å². The van der Waals surface area contributed by atoms with Crippen LogP contribution >= 0.6 is 0 Å². The zero-order chi connectivity index (χ0) is 17.4. The van der Waals surface area contributed by atoms with Crippen molar-refractivity contribution >= 4 is 23.5 Å². The first-order valence-corrected chi connectivity index (χ1v) is 6.55. The summed E-state index contributed by atoms with van der Waals surface area (Å²) in [6.45, 7) is -0.668. The molecule has 0 fully saturated rings. The number of nitrogens with two attached hydrogens (primary N) is 1. The van der Waals surface area contributed by atoms with Crippen molar-refractivity contribution in [1.29, 1.82) is 0 Å². The number of nitro benzene ring substituents is 1. The summed E-state index contributed by atoms with van der Waals surface area (Å²) in [5, 5.41) is 24.1. The lowest BCUT2D eigenvalue weighted by atomic mass is 10.1. The summed E-state index contributed by atoms with van der Waals surface area (Å²) in [4.78, 5) is 43.7. The van der Waals surface area contributed by atoms with Gasteiger partial charge in [-0.15, -0.1) is 0 Å². The van der Waals surface area contributed by atoms with Gasteiger partial charge in [0.15, 0.2) is 0 Å². The van der Waals surface area contributed by atoms with Crippen LogP contribution in [0.1, 0.15) is 5.56 Å². The van der Waals surface area contributed by atoms with Crippen molar-refractivity contribution in [3.63, 3.8) is 0 Å². The number of carbonyl (C=O) groups is 3. The molecule has 1 atom stereocenters. The second-order valence-corrected chi connectivity index (χ2v) is 4.57. The van der Waals surface area contributed by atoms with Crippen molar-refractivity contribution in [3.8, 4) is 0 Å². The molecule has 10 nitrogen and oxygen atoms in total. The van der Waals surface area contributed by atoms with Gasteiger partial charge in [-0.05, 0) is 5.56 Å². The molecule has 0 heterocycles. The fraction of sp³-hybridized carbons (Fsp3) is 0.308. The Bertz CT molecular complexity index is 601. The number of amides is 2.